The van der Waals surface area contributed by atoms with Crippen molar-refractivity contribution in [1.82, 2.24) is 9.47 Å². The van der Waals surface area contributed by atoms with Crippen molar-refractivity contribution in [2.24, 2.45) is 0 Å². The summed E-state index contributed by atoms with van der Waals surface area (Å²) in [5, 5.41) is 1.32. The molecule has 2 nitrogen and oxygen atoms in total. The zero-order valence-corrected chi connectivity index (χ0v) is 11.2. The van der Waals surface area contributed by atoms with Gasteiger partial charge in [-0.3, -0.25) is 4.90 Å². The van der Waals surface area contributed by atoms with E-state index < -0.39 is 0 Å². The number of rotatable bonds is 4. The minimum absolute atomic E-state index is 0.566. The second kappa shape index (κ2) is 4.92. The summed E-state index contributed by atoms with van der Waals surface area (Å²) >= 11 is 0. The average molecular weight is 230 g/mol. The molecule has 0 amide bonds. The molecule has 0 fully saturated rings. The topological polar surface area (TPSA) is 8.17 Å². The van der Waals surface area contributed by atoms with Crippen LogP contribution in [-0.4, -0.2) is 21.6 Å². The van der Waals surface area contributed by atoms with Gasteiger partial charge in [0, 0.05) is 23.8 Å². The molecule has 0 bridgehead atoms. The van der Waals surface area contributed by atoms with Gasteiger partial charge in [0.05, 0.1) is 6.67 Å². The largest absolute Gasteiger partial charge is 0.334 e. The minimum Gasteiger partial charge on any atom is -0.334 e. The van der Waals surface area contributed by atoms with Crippen molar-refractivity contribution in [3.63, 3.8) is 0 Å². The number of hydrogen-bond donors (Lipinski definition) is 0. The highest BCUT2D eigenvalue weighted by molar-refractivity contribution is 5.79. The lowest BCUT2D eigenvalue weighted by Gasteiger charge is -2.31. The molecule has 0 aliphatic heterocycles. The van der Waals surface area contributed by atoms with Gasteiger partial charge in [-0.05, 0) is 45.2 Å². The van der Waals surface area contributed by atoms with Gasteiger partial charge in [-0.15, -0.1) is 0 Å². The molecule has 1 aromatic carbocycles. The van der Waals surface area contributed by atoms with E-state index in [0.717, 1.165) is 6.67 Å². The summed E-state index contributed by atoms with van der Waals surface area (Å²) in [5.41, 5.74) is 1.32. The van der Waals surface area contributed by atoms with Crippen LogP contribution in [0.15, 0.2) is 36.5 Å². The number of aromatic nitrogens is 1. The number of hydrogen-bond acceptors (Lipinski definition) is 1. The Morgan fingerprint density at radius 2 is 1.65 bits per heavy atom. The SMILES string of the molecule is CC(C)N(Cn1ccc2ccccc21)C(C)C. The van der Waals surface area contributed by atoms with E-state index in [1.807, 2.05) is 0 Å². The number of fused-ring (bicyclic) bond motifs is 1. The Bertz CT molecular complexity index is 474. The first-order chi connectivity index (χ1) is 8.09. The summed E-state index contributed by atoms with van der Waals surface area (Å²) in [4.78, 5) is 2.49. The van der Waals surface area contributed by atoms with Crippen LogP contribution in [0.2, 0.25) is 0 Å². The molecule has 17 heavy (non-hydrogen) atoms. The fourth-order valence-electron chi connectivity index (χ4n) is 2.36. The first kappa shape index (κ1) is 12.2. The van der Waals surface area contributed by atoms with Gasteiger partial charge in [0.2, 0.25) is 0 Å². The molecule has 2 aromatic rings. The normalized spacial score (nSPS) is 12.2. The van der Waals surface area contributed by atoms with E-state index in [0.29, 0.717) is 12.1 Å². The van der Waals surface area contributed by atoms with Crippen molar-refractivity contribution in [3.05, 3.63) is 36.5 Å². The monoisotopic (exact) mass is 230 g/mol. The van der Waals surface area contributed by atoms with Gasteiger partial charge in [0.15, 0.2) is 0 Å². The molecule has 0 saturated heterocycles. The van der Waals surface area contributed by atoms with Gasteiger partial charge in [0.1, 0.15) is 0 Å². The van der Waals surface area contributed by atoms with Gasteiger partial charge < -0.3 is 4.57 Å². The van der Waals surface area contributed by atoms with Gasteiger partial charge in [-0.2, -0.15) is 0 Å². The zero-order valence-electron chi connectivity index (χ0n) is 11.2. The second-order valence-electron chi connectivity index (χ2n) is 5.19. The van der Waals surface area contributed by atoms with Crippen molar-refractivity contribution in [2.45, 2.75) is 46.4 Å². The maximum atomic E-state index is 2.49. The van der Waals surface area contributed by atoms with Crippen LogP contribution in [0.4, 0.5) is 0 Å². The Kier molecular flexibility index (Phi) is 3.53. The third-order valence-corrected chi connectivity index (χ3v) is 3.32. The highest BCUT2D eigenvalue weighted by Crippen LogP contribution is 2.17. The van der Waals surface area contributed by atoms with Crippen molar-refractivity contribution in [3.8, 4) is 0 Å². The van der Waals surface area contributed by atoms with Gasteiger partial charge in [-0.25, -0.2) is 0 Å². The minimum atomic E-state index is 0.566. The molecule has 0 aliphatic rings. The van der Waals surface area contributed by atoms with E-state index in [2.05, 4.69) is 73.7 Å². The van der Waals surface area contributed by atoms with Crippen LogP contribution in [0.25, 0.3) is 10.9 Å². The summed E-state index contributed by atoms with van der Waals surface area (Å²) in [6.45, 7) is 9.98. The predicted octanol–water partition coefficient (Wildman–Crippen LogP) is 3.72. The zero-order chi connectivity index (χ0) is 12.4. The molecule has 0 atom stereocenters. The van der Waals surface area contributed by atoms with E-state index in [1.165, 1.54) is 10.9 Å². The number of para-hydroxylation sites is 1. The summed E-state index contributed by atoms with van der Waals surface area (Å²) in [6, 6.07) is 11.9. The molecular weight excluding hydrogens is 208 g/mol. The molecule has 1 aromatic heterocycles. The van der Waals surface area contributed by atoms with E-state index in [9.17, 15) is 0 Å². The van der Waals surface area contributed by atoms with Crippen LogP contribution in [0.5, 0.6) is 0 Å². The molecule has 2 rings (SSSR count). The first-order valence-corrected chi connectivity index (χ1v) is 6.39. The smallest absolute Gasteiger partial charge is 0.0755 e. The van der Waals surface area contributed by atoms with E-state index >= 15 is 0 Å². The standard InChI is InChI=1S/C15H22N2/c1-12(2)17(13(3)4)11-16-10-9-14-7-5-6-8-15(14)16/h5-10,12-13H,11H2,1-4H3. The van der Waals surface area contributed by atoms with E-state index in [1.54, 1.807) is 0 Å². The van der Waals surface area contributed by atoms with Crippen LogP contribution in [0.3, 0.4) is 0 Å². The summed E-state index contributed by atoms with van der Waals surface area (Å²) in [7, 11) is 0. The summed E-state index contributed by atoms with van der Waals surface area (Å²) < 4.78 is 2.33. The Morgan fingerprint density at radius 1 is 1.00 bits per heavy atom. The fourth-order valence-corrected chi connectivity index (χ4v) is 2.36. The van der Waals surface area contributed by atoms with Crippen LogP contribution >= 0.6 is 0 Å². The van der Waals surface area contributed by atoms with Gasteiger partial charge in [-0.1, -0.05) is 18.2 Å². The Hall–Kier alpha value is -1.28. The quantitative estimate of drug-likeness (QED) is 0.777. The van der Waals surface area contributed by atoms with Crippen LogP contribution < -0.4 is 0 Å². The number of nitrogens with zero attached hydrogens (tertiary/aromatic N) is 2. The van der Waals surface area contributed by atoms with Gasteiger partial charge >= 0.3 is 0 Å². The molecule has 0 unspecified atom stereocenters. The maximum Gasteiger partial charge on any atom is 0.0755 e. The van der Waals surface area contributed by atoms with Gasteiger partial charge in [0.25, 0.3) is 0 Å². The fraction of sp³-hybridized carbons (Fsp3) is 0.467. The maximum absolute atomic E-state index is 2.49. The molecule has 0 saturated carbocycles. The highest BCUT2D eigenvalue weighted by Gasteiger charge is 2.14. The van der Waals surface area contributed by atoms with Crippen LogP contribution in [0.1, 0.15) is 27.7 Å². The molecule has 1 heterocycles. The first-order valence-electron chi connectivity index (χ1n) is 6.39. The molecule has 2 heteroatoms. The lowest BCUT2D eigenvalue weighted by molar-refractivity contribution is 0.133. The predicted molar refractivity (Wildman–Crippen MR) is 74.0 cm³/mol. The molecule has 92 valence electrons. The molecule has 0 N–H and O–H groups in total. The molecular formula is C15H22N2. The summed E-state index contributed by atoms with van der Waals surface area (Å²) in [5.74, 6) is 0. The van der Waals surface area contributed by atoms with Crippen molar-refractivity contribution < 1.29 is 0 Å². The van der Waals surface area contributed by atoms with Crippen LogP contribution in [-0.2, 0) is 6.67 Å². The summed E-state index contributed by atoms with van der Waals surface area (Å²) in [6.07, 6.45) is 2.18. The second-order valence-corrected chi connectivity index (χ2v) is 5.19. The lowest BCUT2D eigenvalue weighted by atomic mass is 10.2. The van der Waals surface area contributed by atoms with E-state index in [4.69, 9.17) is 0 Å². The Labute approximate surface area is 104 Å². The average Bonchev–Trinajstić information content (AvgIpc) is 2.68. The highest BCUT2D eigenvalue weighted by atomic mass is 15.3. The molecule has 0 spiro atoms. The Morgan fingerprint density at radius 3 is 2.29 bits per heavy atom. The molecule has 0 radical (unpaired) electrons. The van der Waals surface area contributed by atoms with Crippen molar-refractivity contribution >= 4 is 10.9 Å². The Balaban J connectivity index is 2.28. The van der Waals surface area contributed by atoms with Crippen LogP contribution in [0, 0.1) is 0 Å². The third-order valence-electron chi connectivity index (χ3n) is 3.32. The van der Waals surface area contributed by atoms with Crippen molar-refractivity contribution in [2.75, 3.05) is 0 Å². The third kappa shape index (κ3) is 2.52. The number of benzene rings is 1. The van der Waals surface area contributed by atoms with E-state index in [-0.39, 0.29) is 0 Å². The lowest BCUT2D eigenvalue weighted by Crippen LogP contribution is -2.38. The van der Waals surface area contributed by atoms with Crippen molar-refractivity contribution in [1.29, 1.82) is 0 Å². The molecule has 0 aliphatic carbocycles.